The molecule has 7 nitrogen and oxygen atoms in total. The molecule has 0 radical (unpaired) electrons. The maximum Gasteiger partial charge on any atom is 0.358 e. The van der Waals surface area contributed by atoms with Crippen LogP contribution in [0.5, 0.6) is 0 Å². The van der Waals surface area contributed by atoms with Gasteiger partial charge in [-0.3, -0.25) is 4.79 Å². The number of hydrogen-bond donors (Lipinski definition) is 2. The molecule has 21 heavy (non-hydrogen) atoms. The molecule has 2 N–H and O–H groups in total. The minimum Gasteiger partial charge on any atom is -0.476 e. The summed E-state index contributed by atoms with van der Waals surface area (Å²) in [6.07, 6.45) is 1.22. The van der Waals surface area contributed by atoms with Gasteiger partial charge in [-0.2, -0.15) is 0 Å². The SMILES string of the molecule is O=C(Cn1cc(C(=O)O)nn1)NCCSc1ccccc1. The van der Waals surface area contributed by atoms with Gasteiger partial charge in [0.2, 0.25) is 5.91 Å². The molecule has 2 aromatic rings. The van der Waals surface area contributed by atoms with Crippen molar-refractivity contribution < 1.29 is 14.7 Å². The molecule has 1 aromatic heterocycles. The molecule has 0 aliphatic rings. The Morgan fingerprint density at radius 3 is 2.71 bits per heavy atom. The Hall–Kier alpha value is -2.35. The molecular formula is C13H14N4O3S. The smallest absolute Gasteiger partial charge is 0.358 e. The Balaban J connectivity index is 1.68. The lowest BCUT2D eigenvalue weighted by molar-refractivity contribution is -0.121. The van der Waals surface area contributed by atoms with E-state index in [-0.39, 0.29) is 18.1 Å². The number of thioether (sulfide) groups is 1. The van der Waals surface area contributed by atoms with Gasteiger partial charge < -0.3 is 10.4 Å². The number of rotatable bonds is 7. The average Bonchev–Trinajstić information content (AvgIpc) is 2.93. The Morgan fingerprint density at radius 1 is 1.29 bits per heavy atom. The molecule has 0 saturated heterocycles. The van der Waals surface area contributed by atoms with E-state index in [9.17, 15) is 9.59 Å². The second-order valence-electron chi connectivity index (χ2n) is 4.12. The molecule has 1 amide bonds. The third-order valence-corrected chi connectivity index (χ3v) is 3.51. The summed E-state index contributed by atoms with van der Waals surface area (Å²) in [4.78, 5) is 23.4. The molecule has 0 aliphatic carbocycles. The van der Waals surface area contributed by atoms with Crippen LogP contribution < -0.4 is 5.32 Å². The van der Waals surface area contributed by atoms with Crippen molar-refractivity contribution in [3.05, 3.63) is 42.2 Å². The number of carboxylic acids is 1. The van der Waals surface area contributed by atoms with Gasteiger partial charge in [-0.25, -0.2) is 9.48 Å². The maximum atomic E-state index is 11.6. The number of aromatic carboxylic acids is 1. The van der Waals surface area contributed by atoms with E-state index in [0.29, 0.717) is 6.54 Å². The number of nitrogens with zero attached hydrogens (tertiary/aromatic N) is 3. The summed E-state index contributed by atoms with van der Waals surface area (Å²) < 4.78 is 1.20. The molecule has 110 valence electrons. The standard InChI is InChI=1S/C13H14N4O3S/c18-12(9-17-8-11(13(19)20)15-16-17)14-6-7-21-10-4-2-1-3-5-10/h1-5,8H,6-7,9H2,(H,14,18)(H,19,20). The molecule has 0 bridgehead atoms. The van der Waals surface area contributed by atoms with Crippen LogP contribution in [-0.2, 0) is 11.3 Å². The van der Waals surface area contributed by atoms with Crippen LogP contribution in [0.1, 0.15) is 10.5 Å². The van der Waals surface area contributed by atoms with Gasteiger partial charge in [0.05, 0.1) is 6.20 Å². The van der Waals surface area contributed by atoms with Crippen molar-refractivity contribution in [1.29, 1.82) is 0 Å². The second-order valence-corrected chi connectivity index (χ2v) is 5.29. The lowest BCUT2D eigenvalue weighted by Gasteiger charge is -2.05. The zero-order valence-electron chi connectivity index (χ0n) is 11.1. The normalized spacial score (nSPS) is 10.3. The minimum absolute atomic E-state index is 0.0454. The van der Waals surface area contributed by atoms with E-state index >= 15 is 0 Å². The van der Waals surface area contributed by atoms with Gasteiger partial charge in [0, 0.05) is 17.2 Å². The number of amides is 1. The Bertz CT molecular complexity index is 615. The Morgan fingerprint density at radius 2 is 2.05 bits per heavy atom. The number of hydrogen-bond acceptors (Lipinski definition) is 5. The van der Waals surface area contributed by atoms with E-state index in [1.165, 1.54) is 10.9 Å². The van der Waals surface area contributed by atoms with E-state index < -0.39 is 5.97 Å². The summed E-state index contributed by atoms with van der Waals surface area (Å²) >= 11 is 1.65. The predicted octanol–water partition coefficient (Wildman–Crippen LogP) is 0.885. The first-order valence-electron chi connectivity index (χ1n) is 6.23. The van der Waals surface area contributed by atoms with E-state index in [2.05, 4.69) is 15.6 Å². The van der Waals surface area contributed by atoms with Crippen LogP contribution in [0.25, 0.3) is 0 Å². The van der Waals surface area contributed by atoms with Crippen LogP contribution in [0, 0.1) is 0 Å². The van der Waals surface area contributed by atoms with Crippen molar-refractivity contribution in [2.24, 2.45) is 0 Å². The second kappa shape index (κ2) is 7.44. The van der Waals surface area contributed by atoms with Crippen LogP contribution in [0.15, 0.2) is 41.4 Å². The van der Waals surface area contributed by atoms with Crippen LogP contribution in [0.4, 0.5) is 0 Å². The number of aromatic nitrogens is 3. The first-order valence-corrected chi connectivity index (χ1v) is 7.21. The Kier molecular flexibility index (Phi) is 5.33. The van der Waals surface area contributed by atoms with E-state index in [1.807, 2.05) is 30.3 Å². The highest BCUT2D eigenvalue weighted by molar-refractivity contribution is 7.99. The van der Waals surface area contributed by atoms with E-state index in [4.69, 9.17) is 5.11 Å². The molecule has 0 fully saturated rings. The largest absolute Gasteiger partial charge is 0.476 e. The highest BCUT2D eigenvalue weighted by atomic mass is 32.2. The molecule has 0 spiro atoms. The average molecular weight is 306 g/mol. The topological polar surface area (TPSA) is 97.1 Å². The van der Waals surface area contributed by atoms with Gasteiger partial charge in [-0.05, 0) is 12.1 Å². The van der Waals surface area contributed by atoms with Crippen molar-refractivity contribution in [3.63, 3.8) is 0 Å². The highest BCUT2D eigenvalue weighted by Crippen LogP contribution is 2.15. The molecule has 2 rings (SSSR count). The summed E-state index contributed by atoms with van der Waals surface area (Å²) in [5.74, 6) is -0.639. The summed E-state index contributed by atoms with van der Waals surface area (Å²) in [7, 11) is 0. The Labute approximate surface area is 125 Å². The lowest BCUT2D eigenvalue weighted by atomic mass is 10.4. The third kappa shape index (κ3) is 4.92. The fourth-order valence-electron chi connectivity index (χ4n) is 1.55. The maximum absolute atomic E-state index is 11.6. The zero-order valence-corrected chi connectivity index (χ0v) is 11.9. The minimum atomic E-state index is -1.17. The van der Waals surface area contributed by atoms with Crippen molar-refractivity contribution in [2.45, 2.75) is 11.4 Å². The predicted molar refractivity (Wildman–Crippen MR) is 77.2 cm³/mol. The molecule has 0 atom stereocenters. The highest BCUT2D eigenvalue weighted by Gasteiger charge is 2.10. The molecule has 0 unspecified atom stereocenters. The molecule has 1 heterocycles. The van der Waals surface area contributed by atoms with E-state index in [1.54, 1.807) is 11.8 Å². The van der Waals surface area contributed by atoms with Gasteiger partial charge in [0.15, 0.2) is 5.69 Å². The van der Waals surface area contributed by atoms with Crippen molar-refractivity contribution >= 4 is 23.6 Å². The third-order valence-electron chi connectivity index (χ3n) is 2.50. The van der Waals surface area contributed by atoms with Crippen LogP contribution in [0.3, 0.4) is 0 Å². The summed E-state index contributed by atoms with van der Waals surface area (Å²) in [6, 6.07) is 9.90. The first-order chi connectivity index (χ1) is 10.1. The van der Waals surface area contributed by atoms with Crippen LogP contribution >= 0.6 is 11.8 Å². The molecule has 0 saturated carbocycles. The van der Waals surface area contributed by atoms with Gasteiger partial charge >= 0.3 is 5.97 Å². The number of benzene rings is 1. The molecule has 1 aromatic carbocycles. The summed E-state index contributed by atoms with van der Waals surface area (Å²) in [5, 5.41) is 18.4. The number of carbonyl (C=O) groups is 2. The monoisotopic (exact) mass is 306 g/mol. The molecule has 8 heteroatoms. The molecule has 0 aliphatic heterocycles. The number of carboxylic acid groups (broad SMARTS) is 1. The van der Waals surface area contributed by atoms with Gasteiger partial charge in [-0.1, -0.05) is 23.4 Å². The lowest BCUT2D eigenvalue weighted by Crippen LogP contribution is -2.29. The van der Waals surface area contributed by atoms with E-state index in [0.717, 1.165) is 10.6 Å². The van der Waals surface area contributed by atoms with Gasteiger partial charge in [-0.15, -0.1) is 16.9 Å². The van der Waals surface area contributed by atoms with Gasteiger partial charge in [0.1, 0.15) is 6.54 Å². The number of carbonyl (C=O) groups excluding carboxylic acids is 1. The van der Waals surface area contributed by atoms with Crippen molar-refractivity contribution in [3.8, 4) is 0 Å². The van der Waals surface area contributed by atoms with Crippen LogP contribution in [-0.4, -0.2) is 44.3 Å². The first kappa shape index (κ1) is 15.0. The quantitative estimate of drug-likeness (QED) is 0.582. The summed E-state index contributed by atoms with van der Waals surface area (Å²) in [5.41, 5.74) is -0.178. The number of nitrogens with one attached hydrogen (secondary N) is 1. The van der Waals surface area contributed by atoms with Crippen molar-refractivity contribution in [2.75, 3.05) is 12.3 Å². The zero-order chi connectivity index (χ0) is 15.1. The summed E-state index contributed by atoms with van der Waals surface area (Å²) in [6.45, 7) is 0.481. The van der Waals surface area contributed by atoms with Crippen molar-refractivity contribution in [1.82, 2.24) is 20.3 Å². The fraction of sp³-hybridized carbons (Fsp3) is 0.231. The molecular weight excluding hydrogens is 292 g/mol. The van der Waals surface area contributed by atoms with Gasteiger partial charge in [0.25, 0.3) is 0 Å². The fourth-order valence-corrected chi connectivity index (χ4v) is 2.34. The van der Waals surface area contributed by atoms with Crippen LogP contribution in [0.2, 0.25) is 0 Å².